The van der Waals surface area contributed by atoms with Crippen LogP contribution in [0.3, 0.4) is 0 Å². The summed E-state index contributed by atoms with van der Waals surface area (Å²) >= 11 is 0. The Morgan fingerprint density at radius 1 is 1.17 bits per heavy atom. The highest BCUT2D eigenvalue weighted by molar-refractivity contribution is 5.97. The molecule has 0 N–H and O–H groups in total. The number of rotatable bonds is 3. The van der Waals surface area contributed by atoms with E-state index >= 15 is 0 Å². The highest BCUT2D eigenvalue weighted by atomic mass is 16.6. The fraction of sp³-hybridized carbons (Fsp3) is 0.529. The number of amides is 2. The molecule has 1 aromatic rings. The fourth-order valence-corrected chi connectivity index (χ4v) is 2.32. The first-order chi connectivity index (χ1) is 10.8. The number of anilines is 1. The van der Waals surface area contributed by atoms with Crippen molar-refractivity contribution in [3.05, 3.63) is 24.3 Å². The van der Waals surface area contributed by atoms with E-state index in [1.807, 2.05) is 52.0 Å². The van der Waals surface area contributed by atoms with E-state index in [1.165, 1.54) is 4.90 Å². The fourth-order valence-electron chi connectivity index (χ4n) is 2.32. The maximum atomic E-state index is 12.3. The van der Waals surface area contributed by atoms with Crippen LogP contribution >= 0.6 is 0 Å². The Balaban J connectivity index is 1.98. The predicted molar refractivity (Wildman–Crippen MR) is 87.8 cm³/mol. The standard InChI is InChI=1S/C17H24N2O4/c1-5-22-14-8-6-13(7-9-14)19-11-10-18(12-15(19)20)16(21)23-17(2,3)4/h6-9H,5,10-12H2,1-4H3. The summed E-state index contributed by atoms with van der Waals surface area (Å²) in [5.74, 6) is 0.655. The zero-order valence-corrected chi connectivity index (χ0v) is 14.2. The molecule has 0 aromatic heterocycles. The molecule has 23 heavy (non-hydrogen) atoms. The molecule has 0 aliphatic carbocycles. The van der Waals surface area contributed by atoms with Gasteiger partial charge in [0.05, 0.1) is 6.61 Å². The van der Waals surface area contributed by atoms with Gasteiger partial charge >= 0.3 is 6.09 Å². The third-order valence-electron chi connectivity index (χ3n) is 3.33. The summed E-state index contributed by atoms with van der Waals surface area (Å²) in [4.78, 5) is 27.5. The summed E-state index contributed by atoms with van der Waals surface area (Å²) in [5.41, 5.74) is 0.245. The summed E-state index contributed by atoms with van der Waals surface area (Å²) < 4.78 is 10.7. The Morgan fingerprint density at radius 2 is 1.83 bits per heavy atom. The van der Waals surface area contributed by atoms with E-state index in [-0.39, 0.29) is 12.5 Å². The van der Waals surface area contributed by atoms with Crippen molar-refractivity contribution in [2.45, 2.75) is 33.3 Å². The third kappa shape index (κ3) is 4.61. The zero-order valence-electron chi connectivity index (χ0n) is 14.2. The lowest BCUT2D eigenvalue weighted by molar-refractivity contribution is -0.121. The van der Waals surface area contributed by atoms with Gasteiger partial charge in [0.1, 0.15) is 17.9 Å². The van der Waals surface area contributed by atoms with Gasteiger partial charge in [-0.05, 0) is 52.0 Å². The molecule has 126 valence electrons. The number of benzene rings is 1. The molecule has 0 radical (unpaired) electrons. The molecular weight excluding hydrogens is 296 g/mol. The van der Waals surface area contributed by atoms with Gasteiger partial charge in [0.15, 0.2) is 0 Å². The number of ether oxygens (including phenoxy) is 2. The molecule has 1 aliphatic rings. The van der Waals surface area contributed by atoms with Gasteiger partial charge in [-0.1, -0.05) is 0 Å². The molecule has 1 aliphatic heterocycles. The van der Waals surface area contributed by atoms with Crippen molar-refractivity contribution in [2.24, 2.45) is 0 Å². The van der Waals surface area contributed by atoms with Crippen molar-refractivity contribution in [3.8, 4) is 5.75 Å². The topological polar surface area (TPSA) is 59.1 Å². The van der Waals surface area contributed by atoms with E-state index in [2.05, 4.69) is 0 Å². The number of hydrogen-bond donors (Lipinski definition) is 0. The number of piperazine rings is 1. The van der Waals surface area contributed by atoms with Crippen LogP contribution in [0.25, 0.3) is 0 Å². The lowest BCUT2D eigenvalue weighted by Crippen LogP contribution is -2.53. The highest BCUT2D eigenvalue weighted by Crippen LogP contribution is 2.22. The Morgan fingerprint density at radius 3 is 2.35 bits per heavy atom. The minimum Gasteiger partial charge on any atom is -0.494 e. The van der Waals surface area contributed by atoms with E-state index in [4.69, 9.17) is 9.47 Å². The molecule has 0 saturated carbocycles. The molecule has 1 saturated heterocycles. The van der Waals surface area contributed by atoms with E-state index in [1.54, 1.807) is 4.90 Å². The lowest BCUT2D eigenvalue weighted by Gasteiger charge is -2.35. The normalized spacial score (nSPS) is 15.6. The van der Waals surface area contributed by atoms with Gasteiger partial charge in [-0.15, -0.1) is 0 Å². The van der Waals surface area contributed by atoms with Crippen molar-refractivity contribution in [1.29, 1.82) is 0 Å². The second kappa shape index (κ2) is 6.89. The van der Waals surface area contributed by atoms with Gasteiger partial charge < -0.3 is 14.4 Å². The summed E-state index contributed by atoms with van der Waals surface area (Å²) in [7, 11) is 0. The van der Waals surface area contributed by atoms with Crippen LogP contribution < -0.4 is 9.64 Å². The molecule has 6 heteroatoms. The van der Waals surface area contributed by atoms with Gasteiger partial charge in [0.25, 0.3) is 0 Å². The average molecular weight is 320 g/mol. The molecule has 0 spiro atoms. The van der Waals surface area contributed by atoms with Crippen LogP contribution in [0.2, 0.25) is 0 Å². The molecule has 0 bridgehead atoms. The second-order valence-electron chi connectivity index (χ2n) is 6.37. The average Bonchev–Trinajstić information content (AvgIpc) is 2.47. The minimum atomic E-state index is -0.563. The SMILES string of the molecule is CCOc1ccc(N2CCN(C(=O)OC(C)(C)C)CC2=O)cc1. The molecule has 1 fully saturated rings. The smallest absolute Gasteiger partial charge is 0.410 e. The maximum Gasteiger partial charge on any atom is 0.410 e. The summed E-state index contributed by atoms with van der Waals surface area (Å²) in [5, 5.41) is 0. The Bertz CT molecular complexity index is 563. The lowest BCUT2D eigenvalue weighted by atomic mass is 10.2. The first kappa shape index (κ1) is 17.1. The molecule has 2 amide bonds. The quantitative estimate of drug-likeness (QED) is 0.859. The van der Waals surface area contributed by atoms with Gasteiger partial charge in [0, 0.05) is 18.8 Å². The number of hydrogen-bond acceptors (Lipinski definition) is 4. The van der Waals surface area contributed by atoms with Crippen LogP contribution in [0.5, 0.6) is 5.75 Å². The van der Waals surface area contributed by atoms with Crippen LogP contribution in [0.4, 0.5) is 10.5 Å². The third-order valence-corrected chi connectivity index (χ3v) is 3.33. The molecule has 1 heterocycles. The molecule has 0 atom stereocenters. The van der Waals surface area contributed by atoms with Crippen molar-refractivity contribution >= 4 is 17.7 Å². The van der Waals surface area contributed by atoms with E-state index in [0.29, 0.717) is 19.7 Å². The van der Waals surface area contributed by atoms with E-state index < -0.39 is 11.7 Å². The zero-order chi connectivity index (χ0) is 17.0. The number of nitrogens with zero attached hydrogens (tertiary/aromatic N) is 2. The van der Waals surface area contributed by atoms with Crippen LogP contribution in [0.15, 0.2) is 24.3 Å². The van der Waals surface area contributed by atoms with Gasteiger partial charge in [-0.3, -0.25) is 9.69 Å². The van der Waals surface area contributed by atoms with Crippen molar-refractivity contribution < 1.29 is 19.1 Å². The second-order valence-corrected chi connectivity index (χ2v) is 6.37. The van der Waals surface area contributed by atoms with Crippen molar-refractivity contribution in [3.63, 3.8) is 0 Å². The van der Waals surface area contributed by atoms with E-state index in [9.17, 15) is 9.59 Å². The van der Waals surface area contributed by atoms with Crippen LogP contribution in [0.1, 0.15) is 27.7 Å². The highest BCUT2D eigenvalue weighted by Gasteiger charge is 2.30. The maximum absolute atomic E-state index is 12.3. The predicted octanol–water partition coefficient (Wildman–Crippen LogP) is 2.67. The molecule has 6 nitrogen and oxygen atoms in total. The van der Waals surface area contributed by atoms with Crippen LogP contribution in [-0.4, -0.2) is 48.7 Å². The van der Waals surface area contributed by atoms with E-state index in [0.717, 1.165) is 11.4 Å². The Kier molecular flexibility index (Phi) is 5.13. The van der Waals surface area contributed by atoms with Gasteiger partial charge in [-0.25, -0.2) is 4.79 Å². The first-order valence-corrected chi connectivity index (χ1v) is 7.81. The summed E-state index contributed by atoms with van der Waals surface area (Å²) in [6.45, 7) is 8.89. The summed E-state index contributed by atoms with van der Waals surface area (Å²) in [6, 6.07) is 7.39. The van der Waals surface area contributed by atoms with Crippen LogP contribution in [0, 0.1) is 0 Å². The first-order valence-electron chi connectivity index (χ1n) is 7.81. The van der Waals surface area contributed by atoms with Crippen LogP contribution in [-0.2, 0) is 9.53 Å². The van der Waals surface area contributed by atoms with Crippen molar-refractivity contribution in [1.82, 2.24) is 4.90 Å². The molecule has 2 rings (SSSR count). The Labute approximate surface area is 137 Å². The molecule has 0 unspecified atom stereocenters. The number of carbonyl (C=O) groups is 2. The summed E-state index contributed by atoms with van der Waals surface area (Å²) in [6.07, 6.45) is -0.447. The van der Waals surface area contributed by atoms with Gasteiger partial charge in [0.2, 0.25) is 5.91 Å². The number of carbonyl (C=O) groups excluding carboxylic acids is 2. The largest absolute Gasteiger partial charge is 0.494 e. The molecule has 1 aromatic carbocycles. The Hall–Kier alpha value is -2.24. The monoisotopic (exact) mass is 320 g/mol. The molecular formula is C17H24N2O4. The minimum absolute atomic E-state index is 0.0299. The van der Waals surface area contributed by atoms with Crippen molar-refractivity contribution in [2.75, 3.05) is 31.1 Å². The van der Waals surface area contributed by atoms with Gasteiger partial charge in [-0.2, -0.15) is 0 Å².